The Kier molecular flexibility index (Phi) is 9.10. The van der Waals surface area contributed by atoms with E-state index in [-0.39, 0.29) is 17.9 Å². The molecule has 10 heteroatoms. The number of nitrogens with zero attached hydrogens (tertiary/aromatic N) is 3. The van der Waals surface area contributed by atoms with E-state index in [2.05, 4.69) is 15.6 Å². The SMILES string of the molecule is CC(C)Nc1nc([C@@H](C)OC(=O)c2ccccc2)cc2cnc(NC(=O)[C@@H]3CCCN(C(=O)OC(C)(C)C)C3)cc12. The lowest BCUT2D eigenvalue weighted by molar-refractivity contribution is -0.121. The van der Waals surface area contributed by atoms with Crippen LogP contribution >= 0.6 is 0 Å². The predicted molar refractivity (Wildman–Crippen MR) is 158 cm³/mol. The van der Waals surface area contributed by atoms with Gasteiger partial charge in [0.2, 0.25) is 5.91 Å². The second-order valence-electron chi connectivity index (χ2n) is 11.7. The molecule has 0 radical (unpaired) electrons. The standard InChI is InChI=1S/C31H39N5O5/c1-19(2)33-27-24-16-26(35-28(37)22-13-10-14-36(18-22)30(39)41-31(4,5)6)32-17-23(24)15-25(34-27)20(3)40-29(38)21-11-8-7-9-12-21/h7-9,11-12,15-17,19-20,22H,10,13-14,18H2,1-6H3,(H,33,34)(H,32,35,37)/t20-,22-/m1/s1. The average molecular weight is 562 g/mol. The van der Waals surface area contributed by atoms with Gasteiger partial charge in [-0.15, -0.1) is 0 Å². The first kappa shape index (κ1) is 29.8. The number of hydrogen-bond acceptors (Lipinski definition) is 8. The van der Waals surface area contributed by atoms with Gasteiger partial charge < -0.3 is 25.0 Å². The minimum absolute atomic E-state index is 0.0791. The van der Waals surface area contributed by atoms with Crippen molar-refractivity contribution < 1.29 is 23.9 Å². The molecule has 10 nitrogen and oxygen atoms in total. The zero-order valence-electron chi connectivity index (χ0n) is 24.6. The maximum absolute atomic E-state index is 13.2. The van der Waals surface area contributed by atoms with Gasteiger partial charge in [-0.05, 0) is 78.6 Å². The fourth-order valence-electron chi connectivity index (χ4n) is 4.60. The van der Waals surface area contributed by atoms with Crippen LogP contribution in [-0.2, 0) is 14.3 Å². The summed E-state index contributed by atoms with van der Waals surface area (Å²) in [5.74, 6) is -0.0109. The van der Waals surface area contributed by atoms with E-state index in [1.807, 2.05) is 46.8 Å². The summed E-state index contributed by atoms with van der Waals surface area (Å²) in [6.45, 7) is 12.1. The van der Waals surface area contributed by atoms with E-state index in [9.17, 15) is 14.4 Å². The number of aromatic nitrogens is 2. The Morgan fingerprint density at radius 3 is 2.49 bits per heavy atom. The normalized spacial score (nSPS) is 16.3. The second kappa shape index (κ2) is 12.5. The number of ether oxygens (including phenoxy) is 2. The molecule has 1 aliphatic rings. The van der Waals surface area contributed by atoms with Crippen LogP contribution < -0.4 is 10.6 Å². The molecule has 2 aromatic heterocycles. The van der Waals surface area contributed by atoms with Gasteiger partial charge in [-0.25, -0.2) is 19.6 Å². The summed E-state index contributed by atoms with van der Waals surface area (Å²) >= 11 is 0. The summed E-state index contributed by atoms with van der Waals surface area (Å²) in [7, 11) is 0. The molecule has 3 heterocycles. The van der Waals surface area contributed by atoms with E-state index in [0.29, 0.717) is 48.8 Å². The number of carbonyl (C=O) groups is 3. The molecule has 4 rings (SSSR count). The van der Waals surface area contributed by atoms with Crippen LogP contribution in [0, 0.1) is 5.92 Å². The van der Waals surface area contributed by atoms with Gasteiger partial charge in [0.05, 0.1) is 17.2 Å². The van der Waals surface area contributed by atoms with Crippen LogP contribution in [0.4, 0.5) is 16.4 Å². The van der Waals surface area contributed by atoms with Crippen molar-refractivity contribution in [3.05, 3.63) is 59.9 Å². The van der Waals surface area contributed by atoms with Crippen LogP contribution in [0.1, 0.15) is 76.5 Å². The van der Waals surface area contributed by atoms with Gasteiger partial charge in [-0.3, -0.25) is 4.79 Å². The van der Waals surface area contributed by atoms with Crippen molar-refractivity contribution in [3.63, 3.8) is 0 Å². The highest BCUT2D eigenvalue weighted by molar-refractivity contribution is 5.97. The van der Waals surface area contributed by atoms with Crippen molar-refractivity contribution in [1.29, 1.82) is 0 Å². The molecule has 0 aliphatic carbocycles. The average Bonchev–Trinajstić information content (AvgIpc) is 2.92. The smallest absolute Gasteiger partial charge is 0.410 e. The Balaban J connectivity index is 1.51. The van der Waals surface area contributed by atoms with Crippen molar-refractivity contribution in [2.24, 2.45) is 5.92 Å². The van der Waals surface area contributed by atoms with Crippen molar-refractivity contribution >= 4 is 40.4 Å². The van der Waals surface area contributed by atoms with E-state index < -0.39 is 23.8 Å². The molecule has 0 saturated carbocycles. The minimum Gasteiger partial charge on any atom is -0.453 e. The quantitative estimate of drug-likeness (QED) is 0.339. The Labute approximate surface area is 240 Å². The summed E-state index contributed by atoms with van der Waals surface area (Å²) in [6.07, 6.45) is 2.04. The largest absolute Gasteiger partial charge is 0.453 e. The predicted octanol–water partition coefficient (Wildman–Crippen LogP) is 5.95. The lowest BCUT2D eigenvalue weighted by Gasteiger charge is -2.33. The summed E-state index contributed by atoms with van der Waals surface area (Å²) in [4.78, 5) is 49.1. The third-order valence-corrected chi connectivity index (χ3v) is 6.56. The molecular weight excluding hydrogens is 522 g/mol. The summed E-state index contributed by atoms with van der Waals surface area (Å²) in [6, 6.07) is 12.5. The molecule has 0 unspecified atom stereocenters. The molecule has 1 aromatic carbocycles. The van der Waals surface area contributed by atoms with Gasteiger partial charge in [0.1, 0.15) is 23.3 Å². The Morgan fingerprint density at radius 2 is 1.80 bits per heavy atom. The molecule has 1 fully saturated rings. The molecule has 2 amide bonds. The molecule has 1 aliphatic heterocycles. The molecular formula is C31H39N5O5. The minimum atomic E-state index is -0.599. The lowest BCUT2D eigenvalue weighted by Crippen LogP contribution is -2.45. The third-order valence-electron chi connectivity index (χ3n) is 6.56. The van der Waals surface area contributed by atoms with Crippen LogP contribution in [0.3, 0.4) is 0 Å². The summed E-state index contributed by atoms with van der Waals surface area (Å²) in [5.41, 5.74) is 0.445. The van der Waals surface area contributed by atoms with Crippen molar-refractivity contribution in [2.45, 2.75) is 72.1 Å². The maximum Gasteiger partial charge on any atom is 0.410 e. The molecule has 2 atom stereocenters. The van der Waals surface area contributed by atoms with E-state index in [0.717, 1.165) is 10.8 Å². The highest BCUT2D eigenvalue weighted by Crippen LogP contribution is 2.29. The zero-order valence-corrected chi connectivity index (χ0v) is 24.6. The molecule has 218 valence electrons. The highest BCUT2D eigenvalue weighted by atomic mass is 16.6. The van der Waals surface area contributed by atoms with Gasteiger partial charge in [0.25, 0.3) is 0 Å². The number of esters is 1. The van der Waals surface area contributed by atoms with Crippen LogP contribution in [-0.4, -0.2) is 57.6 Å². The number of benzene rings is 1. The molecule has 0 bridgehead atoms. The van der Waals surface area contributed by atoms with Crippen molar-refractivity contribution in [1.82, 2.24) is 14.9 Å². The number of amides is 2. The van der Waals surface area contributed by atoms with Gasteiger partial charge in [0.15, 0.2) is 0 Å². The number of likely N-dealkylation sites (tertiary alicyclic amines) is 1. The van der Waals surface area contributed by atoms with Crippen LogP contribution in [0.5, 0.6) is 0 Å². The second-order valence-corrected chi connectivity index (χ2v) is 11.7. The zero-order chi connectivity index (χ0) is 29.7. The fraction of sp³-hybridized carbons (Fsp3) is 0.452. The molecule has 2 N–H and O–H groups in total. The van der Waals surface area contributed by atoms with Crippen LogP contribution in [0.2, 0.25) is 0 Å². The van der Waals surface area contributed by atoms with Gasteiger partial charge in [0, 0.05) is 36.1 Å². The Bertz CT molecular complexity index is 1400. The number of hydrogen-bond donors (Lipinski definition) is 2. The highest BCUT2D eigenvalue weighted by Gasteiger charge is 2.31. The van der Waals surface area contributed by atoms with Gasteiger partial charge >= 0.3 is 12.1 Å². The molecule has 1 saturated heterocycles. The van der Waals surface area contributed by atoms with Crippen LogP contribution in [0.15, 0.2) is 48.7 Å². The first-order valence-electron chi connectivity index (χ1n) is 14.0. The van der Waals surface area contributed by atoms with E-state index in [1.165, 1.54) is 0 Å². The lowest BCUT2D eigenvalue weighted by atomic mass is 9.97. The van der Waals surface area contributed by atoms with Crippen LogP contribution in [0.25, 0.3) is 10.8 Å². The molecule has 41 heavy (non-hydrogen) atoms. The number of carbonyl (C=O) groups excluding carboxylic acids is 3. The Hall–Kier alpha value is -4.21. The number of nitrogens with one attached hydrogen (secondary N) is 2. The first-order chi connectivity index (χ1) is 19.4. The number of rotatable bonds is 7. The fourth-order valence-corrected chi connectivity index (χ4v) is 4.60. The number of pyridine rings is 2. The summed E-state index contributed by atoms with van der Waals surface area (Å²) < 4.78 is 11.2. The summed E-state index contributed by atoms with van der Waals surface area (Å²) in [5, 5.41) is 7.83. The molecule has 0 spiro atoms. The van der Waals surface area contributed by atoms with E-state index in [4.69, 9.17) is 14.5 Å². The number of anilines is 2. The van der Waals surface area contributed by atoms with Gasteiger partial charge in [-0.2, -0.15) is 0 Å². The van der Waals surface area contributed by atoms with E-state index in [1.54, 1.807) is 48.4 Å². The van der Waals surface area contributed by atoms with E-state index >= 15 is 0 Å². The topological polar surface area (TPSA) is 123 Å². The molecule has 3 aromatic rings. The van der Waals surface area contributed by atoms with Crippen molar-refractivity contribution in [3.8, 4) is 0 Å². The number of piperidine rings is 1. The maximum atomic E-state index is 13.2. The number of fused-ring (bicyclic) bond motifs is 1. The Morgan fingerprint density at radius 1 is 1.07 bits per heavy atom. The monoisotopic (exact) mass is 561 g/mol. The van der Waals surface area contributed by atoms with Gasteiger partial charge in [-0.1, -0.05) is 18.2 Å². The third kappa shape index (κ3) is 7.93. The van der Waals surface area contributed by atoms with Crippen molar-refractivity contribution in [2.75, 3.05) is 23.7 Å². The first-order valence-corrected chi connectivity index (χ1v) is 14.0.